The highest BCUT2D eigenvalue weighted by Crippen LogP contribution is 2.26. The molecule has 1 aliphatic heterocycles. The van der Waals surface area contributed by atoms with E-state index in [1.807, 2.05) is 13.8 Å². The first-order valence-corrected chi connectivity index (χ1v) is 8.38. The summed E-state index contributed by atoms with van der Waals surface area (Å²) in [6.45, 7) is 4.79. The molecule has 2 heterocycles. The van der Waals surface area contributed by atoms with E-state index in [0.717, 1.165) is 46.7 Å². The first kappa shape index (κ1) is 14.0. The molecule has 0 bridgehead atoms. The molecule has 0 saturated carbocycles. The third-order valence-electron chi connectivity index (χ3n) is 3.43. The molecule has 0 radical (unpaired) electrons. The zero-order valence-corrected chi connectivity index (χ0v) is 13.3. The van der Waals surface area contributed by atoms with E-state index in [4.69, 9.17) is 0 Å². The number of halogens is 1. The minimum atomic E-state index is 0.184. The summed E-state index contributed by atoms with van der Waals surface area (Å²) in [6, 6.07) is 0.396. The van der Waals surface area contributed by atoms with Crippen LogP contribution in [0.1, 0.15) is 46.1 Å². The van der Waals surface area contributed by atoms with Crippen LogP contribution in [0.25, 0.3) is 0 Å². The quantitative estimate of drug-likeness (QED) is 0.794. The van der Waals surface area contributed by atoms with Crippen molar-refractivity contribution in [2.45, 2.75) is 45.6 Å². The van der Waals surface area contributed by atoms with Crippen LogP contribution >= 0.6 is 27.3 Å². The predicted octanol–water partition coefficient (Wildman–Crippen LogP) is 3.54. The topological polar surface area (TPSA) is 33.2 Å². The Labute approximate surface area is 121 Å². The molecule has 0 spiro atoms. The molecule has 0 aliphatic carbocycles. The molecule has 1 amide bonds. The Morgan fingerprint density at radius 1 is 1.50 bits per heavy atom. The van der Waals surface area contributed by atoms with E-state index in [0.29, 0.717) is 6.04 Å². The second-order valence-electron chi connectivity index (χ2n) is 4.77. The van der Waals surface area contributed by atoms with E-state index in [1.165, 1.54) is 17.8 Å². The molecule has 2 rings (SSSR count). The summed E-state index contributed by atoms with van der Waals surface area (Å²) in [5.41, 5.74) is 0.880. The number of amides is 1. The van der Waals surface area contributed by atoms with Gasteiger partial charge >= 0.3 is 0 Å². The van der Waals surface area contributed by atoms with Gasteiger partial charge in [-0.15, -0.1) is 11.3 Å². The van der Waals surface area contributed by atoms with Crippen LogP contribution < -0.4 is 0 Å². The van der Waals surface area contributed by atoms with Gasteiger partial charge in [-0.1, -0.05) is 15.9 Å². The highest BCUT2D eigenvalue weighted by atomic mass is 79.9. The van der Waals surface area contributed by atoms with E-state index in [1.54, 1.807) is 0 Å². The molecule has 0 N–H and O–H groups in total. The molecule has 1 aromatic heterocycles. The molecule has 0 aromatic carbocycles. The molecule has 1 aliphatic rings. The number of hydrogen-bond acceptors (Lipinski definition) is 3. The molecule has 1 saturated heterocycles. The number of carbonyl (C=O) groups excluding carboxylic acids is 1. The second-order valence-corrected chi connectivity index (χ2v) is 6.77. The van der Waals surface area contributed by atoms with Crippen molar-refractivity contribution in [1.82, 2.24) is 9.88 Å². The third kappa shape index (κ3) is 2.94. The number of aryl methyl sites for hydroxylation is 2. The maximum absolute atomic E-state index is 12.6. The van der Waals surface area contributed by atoms with Gasteiger partial charge in [0.1, 0.15) is 4.88 Å². The Balaban J connectivity index is 2.18. The SMILES string of the molecule is Cc1nc(C)c(C(=O)N2CCCCC2CCBr)s1. The zero-order valence-electron chi connectivity index (χ0n) is 10.9. The first-order chi connectivity index (χ1) is 8.63. The standard InChI is InChI=1S/C13H19BrN2OS/c1-9-12(18-10(2)15-9)13(17)16-8-4-3-5-11(16)6-7-14/h11H,3-8H2,1-2H3. The first-order valence-electron chi connectivity index (χ1n) is 6.44. The van der Waals surface area contributed by atoms with E-state index < -0.39 is 0 Å². The van der Waals surface area contributed by atoms with E-state index in [9.17, 15) is 4.79 Å². The van der Waals surface area contributed by atoms with Gasteiger partial charge in [-0.2, -0.15) is 0 Å². The van der Waals surface area contributed by atoms with Crippen molar-refractivity contribution in [2.75, 3.05) is 11.9 Å². The summed E-state index contributed by atoms with van der Waals surface area (Å²) in [7, 11) is 0. The van der Waals surface area contributed by atoms with Gasteiger partial charge in [0, 0.05) is 17.9 Å². The van der Waals surface area contributed by atoms with Gasteiger partial charge < -0.3 is 4.90 Å². The fraction of sp³-hybridized carbons (Fsp3) is 0.692. The van der Waals surface area contributed by atoms with Gasteiger partial charge in [0.15, 0.2) is 0 Å². The van der Waals surface area contributed by atoms with Gasteiger partial charge in [0.2, 0.25) is 0 Å². The van der Waals surface area contributed by atoms with Crippen molar-refractivity contribution in [2.24, 2.45) is 0 Å². The molecule has 18 heavy (non-hydrogen) atoms. The molecule has 5 heteroatoms. The summed E-state index contributed by atoms with van der Waals surface area (Å²) in [5, 5.41) is 1.94. The number of carbonyl (C=O) groups is 1. The predicted molar refractivity (Wildman–Crippen MR) is 78.7 cm³/mol. The van der Waals surface area contributed by atoms with E-state index in [2.05, 4.69) is 25.8 Å². The zero-order chi connectivity index (χ0) is 13.1. The maximum atomic E-state index is 12.6. The van der Waals surface area contributed by atoms with Gasteiger partial charge in [-0.3, -0.25) is 4.79 Å². The van der Waals surface area contributed by atoms with Crippen LogP contribution in [0.5, 0.6) is 0 Å². The molecular weight excluding hydrogens is 312 g/mol. The summed E-state index contributed by atoms with van der Waals surface area (Å²) < 4.78 is 0. The number of piperidine rings is 1. The van der Waals surface area contributed by atoms with Crippen molar-refractivity contribution >= 4 is 33.2 Å². The number of likely N-dealkylation sites (tertiary alicyclic amines) is 1. The molecular formula is C13H19BrN2OS. The van der Waals surface area contributed by atoms with Gasteiger partial charge in [-0.05, 0) is 39.5 Å². The summed E-state index contributed by atoms with van der Waals surface area (Å²) >= 11 is 5.01. The van der Waals surface area contributed by atoms with Crippen LogP contribution in [0.2, 0.25) is 0 Å². The summed E-state index contributed by atoms with van der Waals surface area (Å²) in [6.07, 6.45) is 4.54. The van der Waals surface area contributed by atoms with Crippen LogP contribution in [0.4, 0.5) is 0 Å². The smallest absolute Gasteiger partial charge is 0.266 e. The number of thiazole rings is 1. The van der Waals surface area contributed by atoms with Crippen molar-refractivity contribution in [3.05, 3.63) is 15.6 Å². The number of alkyl halides is 1. The van der Waals surface area contributed by atoms with Crippen molar-refractivity contribution in [1.29, 1.82) is 0 Å². The Morgan fingerprint density at radius 2 is 2.28 bits per heavy atom. The third-order valence-corrected chi connectivity index (χ3v) is 4.95. The maximum Gasteiger partial charge on any atom is 0.266 e. The molecule has 3 nitrogen and oxygen atoms in total. The van der Waals surface area contributed by atoms with E-state index >= 15 is 0 Å². The summed E-state index contributed by atoms with van der Waals surface area (Å²) in [4.78, 5) is 19.8. The molecule has 1 atom stereocenters. The van der Waals surface area contributed by atoms with Crippen LogP contribution in [-0.4, -0.2) is 33.7 Å². The fourth-order valence-electron chi connectivity index (χ4n) is 2.55. The number of nitrogens with zero attached hydrogens (tertiary/aromatic N) is 2. The minimum Gasteiger partial charge on any atom is -0.335 e. The van der Waals surface area contributed by atoms with Crippen molar-refractivity contribution < 1.29 is 4.79 Å². The minimum absolute atomic E-state index is 0.184. The van der Waals surface area contributed by atoms with Gasteiger partial charge in [0.05, 0.1) is 10.7 Å². The number of rotatable bonds is 3. The summed E-state index contributed by atoms with van der Waals surface area (Å²) in [5.74, 6) is 0.184. The van der Waals surface area contributed by atoms with Gasteiger partial charge in [-0.25, -0.2) is 4.98 Å². The number of aromatic nitrogens is 1. The number of hydrogen-bond donors (Lipinski definition) is 0. The Morgan fingerprint density at radius 3 is 2.89 bits per heavy atom. The Hall–Kier alpha value is -0.420. The average Bonchev–Trinajstić information content (AvgIpc) is 2.69. The lowest BCUT2D eigenvalue weighted by atomic mass is 10.00. The monoisotopic (exact) mass is 330 g/mol. The molecule has 1 unspecified atom stereocenters. The fourth-order valence-corrected chi connectivity index (χ4v) is 3.96. The Kier molecular flexibility index (Phi) is 4.78. The van der Waals surface area contributed by atoms with Gasteiger partial charge in [0.25, 0.3) is 5.91 Å². The second kappa shape index (κ2) is 6.15. The highest BCUT2D eigenvalue weighted by Gasteiger charge is 2.28. The molecule has 1 fully saturated rings. The lowest BCUT2D eigenvalue weighted by molar-refractivity contribution is 0.0614. The normalized spacial score (nSPS) is 20.2. The van der Waals surface area contributed by atoms with E-state index in [-0.39, 0.29) is 5.91 Å². The Bertz CT molecular complexity index is 431. The van der Waals surface area contributed by atoms with Crippen molar-refractivity contribution in [3.63, 3.8) is 0 Å². The average molecular weight is 331 g/mol. The highest BCUT2D eigenvalue weighted by molar-refractivity contribution is 9.09. The lowest BCUT2D eigenvalue weighted by Gasteiger charge is -2.35. The van der Waals surface area contributed by atoms with Crippen molar-refractivity contribution in [3.8, 4) is 0 Å². The van der Waals surface area contributed by atoms with Crippen LogP contribution in [0.15, 0.2) is 0 Å². The van der Waals surface area contributed by atoms with Crippen LogP contribution in [-0.2, 0) is 0 Å². The lowest BCUT2D eigenvalue weighted by Crippen LogP contribution is -2.43. The van der Waals surface area contributed by atoms with Crippen LogP contribution in [0.3, 0.4) is 0 Å². The van der Waals surface area contributed by atoms with Crippen LogP contribution in [0, 0.1) is 13.8 Å². The largest absolute Gasteiger partial charge is 0.335 e. The molecule has 1 aromatic rings. The molecule has 100 valence electrons.